The zero-order valence-corrected chi connectivity index (χ0v) is 15.0. The Morgan fingerprint density at radius 1 is 1.63 bits per heavy atom. The molecule has 1 aromatic heterocycles. The Balaban J connectivity index is 0.00000180. The van der Waals surface area contributed by atoms with E-state index in [1.54, 1.807) is 6.20 Å². The third kappa shape index (κ3) is 5.29. The van der Waals surface area contributed by atoms with Crippen molar-refractivity contribution in [3.63, 3.8) is 0 Å². The molecular weight excluding hydrogens is 421 g/mol. The van der Waals surface area contributed by atoms with E-state index >= 15 is 0 Å². The van der Waals surface area contributed by atoms with Crippen molar-refractivity contribution in [2.24, 2.45) is 16.6 Å². The molecule has 2 N–H and O–H groups in total. The number of rotatable bonds is 3. The van der Waals surface area contributed by atoms with Crippen molar-refractivity contribution >= 4 is 45.9 Å². The molecule has 0 spiro atoms. The highest BCUT2D eigenvalue weighted by Gasteiger charge is 2.17. The monoisotopic (exact) mass is 441 g/mol. The SMILES string of the molecule is CC1CCCN(C(N)=NCCn2cc(Br)cn2)C1.I. The Hall–Kier alpha value is -0.310. The van der Waals surface area contributed by atoms with Gasteiger partial charge in [0.2, 0.25) is 0 Å². The number of halogens is 2. The van der Waals surface area contributed by atoms with Gasteiger partial charge in [-0.25, -0.2) is 0 Å². The second kappa shape index (κ2) is 8.08. The Bertz CT molecular complexity index is 420. The smallest absolute Gasteiger partial charge is 0.191 e. The fourth-order valence-electron chi connectivity index (χ4n) is 2.23. The summed E-state index contributed by atoms with van der Waals surface area (Å²) in [5.74, 6) is 1.39. The van der Waals surface area contributed by atoms with E-state index < -0.39 is 0 Å². The van der Waals surface area contributed by atoms with Crippen LogP contribution in [0.5, 0.6) is 0 Å². The maximum atomic E-state index is 6.02. The summed E-state index contributed by atoms with van der Waals surface area (Å²) >= 11 is 3.37. The lowest BCUT2D eigenvalue weighted by atomic mass is 10.0. The van der Waals surface area contributed by atoms with Gasteiger partial charge < -0.3 is 10.6 Å². The molecule has 1 fully saturated rings. The van der Waals surface area contributed by atoms with Crippen molar-refractivity contribution in [2.45, 2.75) is 26.3 Å². The predicted octanol–water partition coefficient (Wildman–Crippen LogP) is 2.31. The molecule has 2 heterocycles. The van der Waals surface area contributed by atoms with Crippen LogP contribution in [0.2, 0.25) is 0 Å². The minimum absolute atomic E-state index is 0. The molecule has 19 heavy (non-hydrogen) atoms. The van der Waals surface area contributed by atoms with Crippen molar-refractivity contribution in [1.29, 1.82) is 0 Å². The number of aliphatic imine (C=N–C) groups is 1. The van der Waals surface area contributed by atoms with Crippen molar-refractivity contribution in [1.82, 2.24) is 14.7 Å². The third-order valence-corrected chi connectivity index (χ3v) is 3.60. The average molecular weight is 442 g/mol. The molecule has 0 bridgehead atoms. The molecule has 0 amide bonds. The van der Waals surface area contributed by atoms with Gasteiger partial charge in [0.25, 0.3) is 0 Å². The molecule has 1 saturated heterocycles. The van der Waals surface area contributed by atoms with Gasteiger partial charge in [-0.05, 0) is 34.7 Å². The van der Waals surface area contributed by atoms with Crippen molar-refractivity contribution in [2.75, 3.05) is 19.6 Å². The minimum atomic E-state index is 0. The molecular formula is C12H21BrIN5. The Labute approximate surface area is 139 Å². The molecule has 108 valence electrons. The van der Waals surface area contributed by atoms with Gasteiger partial charge in [-0.3, -0.25) is 9.67 Å². The summed E-state index contributed by atoms with van der Waals surface area (Å²) in [5, 5.41) is 4.18. The van der Waals surface area contributed by atoms with Gasteiger partial charge in [0, 0.05) is 19.3 Å². The maximum absolute atomic E-state index is 6.02. The van der Waals surface area contributed by atoms with Crippen LogP contribution in [0.1, 0.15) is 19.8 Å². The first-order valence-electron chi connectivity index (χ1n) is 6.38. The number of hydrogen-bond donors (Lipinski definition) is 1. The van der Waals surface area contributed by atoms with Gasteiger partial charge in [-0.2, -0.15) is 5.10 Å². The Morgan fingerprint density at radius 3 is 3.05 bits per heavy atom. The number of nitrogens with two attached hydrogens (primary N) is 1. The van der Waals surface area contributed by atoms with E-state index in [9.17, 15) is 0 Å². The third-order valence-electron chi connectivity index (χ3n) is 3.19. The van der Waals surface area contributed by atoms with Crippen molar-refractivity contribution < 1.29 is 0 Å². The summed E-state index contributed by atoms with van der Waals surface area (Å²) in [6.45, 7) is 5.76. The van der Waals surface area contributed by atoms with E-state index in [2.05, 4.69) is 37.8 Å². The van der Waals surface area contributed by atoms with E-state index in [-0.39, 0.29) is 24.0 Å². The number of hydrogen-bond acceptors (Lipinski definition) is 2. The van der Waals surface area contributed by atoms with Crippen LogP contribution < -0.4 is 5.73 Å². The molecule has 1 atom stereocenters. The second-order valence-electron chi connectivity index (χ2n) is 4.85. The second-order valence-corrected chi connectivity index (χ2v) is 5.77. The topological polar surface area (TPSA) is 59.4 Å². The fourth-order valence-corrected chi connectivity index (χ4v) is 2.55. The quantitative estimate of drug-likeness (QED) is 0.444. The number of likely N-dealkylation sites (tertiary alicyclic amines) is 1. The predicted molar refractivity (Wildman–Crippen MR) is 91.8 cm³/mol. The molecule has 0 radical (unpaired) electrons. The molecule has 0 aromatic carbocycles. The summed E-state index contributed by atoms with van der Waals surface area (Å²) < 4.78 is 2.85. The number of aromatic nitrogens is 2. The van der Waals surface area contributed by atoms with Gasteiger partial charge in [-0.15, -0.1) is 24.0 Å². The number of nitrogens with zero attached hydrogens (tertiary/aromatic N) is 4. The van der Waals surface area contributed by atoms with E-state index in [1.807, 2.05) is 10.9 Å². The van der Waals surface area contributed by atoms with Crippen LogP contribution in [-0.4, -0.2) is 40.3 Å². The number of guanidine groups is 1. The molecule has 7 heteroatoms. The maximum Gasteiger partial charge on any atom is 0.191 e. The van der Waals surface area contributed by atoms with Gasteiger partial charge in [0.05, 0.1) is 23.8 Å². The molecule has 1 unspecified atom stereocenters. The molecule has 1 aromatic rings. The first-order chi connectivity index (χ1) is 8.65. The lowest BCUT2D eigenvalue weighted by Crippen LogP contribution is -2.43. The highest BCUT2D eigenvalue weighted by molar-refractivity contribution is 14.0. The van der Waals surface area contributed by atoms with Crippen LogP contribution in [0.3, 0.4) is 0 Å². The zero-order chi connectivity index (χ0) is 13.0. The van der Waals surface area contributed by atoms with Crippen LogP contribution in [-0.2, 0) is 6.54 Å². The van der Waals surface area contributed by atoms with Crippen molar-refractivity contribution in [3.05, 3.63) is 16.9 Å². The van der Waals surface area contributed by atoms with Crippen molar-refractivity contribution in [3.8, 4) is 0 Å². The molecule has 1 aliphatic heterocycles. The van der Waals surface area contributed by atoms with Gasteiger partial charge in [0.15, 0.2) is 5.96 Å². The summed E-state index contributed by atoms with van der Waals surface area (Å²) in [7, 11) is 0. The van der Waals surface area contributed by atoms with Gasteiger partial charge in [-0.1, -0.05) is 6.92 Å². The van der Waals surface area contributed by atoms with Crippen LogP contribution in [0.15, 0.2) is 21.9 Å². The van der Waals surface area contributed by atoms with Crippen LogP contribution >= 0.6 is 39.9 Å². The highest BCUT2D eigenvalue weighted by Crippen LogP contribution is 2.14. The average Bonchev–Trinajstić information content (AvgIpc) is 2.75. The molecule has 0 aliphatic carbocycles. The minimum Gasteiger partial charge on any atom is -0.370 e. The lowest BCUT2D eigenvalue weighted by Gasteiger charge is -2.31. The van der Waals surface area contributed by atoms with E-state index in [1.165, 1.54) is 12.8 Å². The van der Waals surface area contributed by atoms with E-state index in [0.29, 0.717) is 12.5 Å². The van der Waals surface area contributed by atoms with Crippen LogP contribution in [0.25, 0.3) is 0 Å². The largest absolute Gasteiger partial charge is 0.370 e. The summed E-state index contributed by atoms with van der Waals surface area (Å²) in [6, 6.07) is 0. The first kappa shape index (κ1) is 16.7. The highest BCUT2D eigenvalue weighted by atomic mass is 127. The number of piperidine rings is 1. The van der Waals surface area contributed by atoms with Gasteiger partial charge >= 0.3 is 0 Å². The van der Waals surface area contributed by atoms with Crippen LogP contribution in [0.4, 0.5) is 0 Å². The van der Waals surface area contributed by atoms with Crippen LogP contribution in [0, 0.1) is 5.92 Å². The molecule has 2 rings (SSSR count). The first-order valence-corrected chi connectivity index (χ1v) is 7.17. The Morgan fingerprint density at radius 2 is 2.42 bits per heavy atom. The van der Waals surface area contributed by atoms with E-state index in [0.717, 1.165) is 30.0 Å². The molecule has 0 saturated carbocycles. The summed E-state index contributed by atoms with van der Waals surface area (Å²) in [5.41, 5.74) is 6.02. The Kier molecular flexibility index (Phi) is 7.12. The zero-order valence-electron chi connectivity index (χ0n) is 11.1. The van der Waals surface area contributed by atoms with Gasteiger partial charge in [0.1, 0.15) is 0 Å². The molecule has 1 aliphatic rings. The standard InChI is InChI=1S/C12H20BrN5.HI/c1-10-3-2-5-17(8-10)12(14)15-4-6-18-9-11(13)7-16-18;/h7,9-10H,2-6,8H2,1H3,(H2,14,15);1H. The summed E-state index contributed by atoms with van der Waals surface area (Å²) in [6.07, 6.45) is 6.22. The normalized spacial score (nSPS) is 20.2. The summed E-state index contributed by atoms with van der Waals surface area (Å²) in [4.78, 5) is 6.62. The fraction of sp³-hybridized carbons (Fsp3) is 0.667. The molecule has 5 nitrogen and oxygen atoms in total. The van der Waals surface area contributed by atoms with E-state index in [4.69, 9.17) is 5.73 Å². The lowest BCUT2D eigenvalue weighted by molar-refractivity contribution is 0.270.